The van der Waals surface area contributed by atoms with E-state index < -0.39 is 0 Å². The minimum atomic E-state index is 0.740. The molecule has 26 heavy (non-hydrogen) atoms. The molecule has 0 saturated carbocycles. The van der Waals surface area contributed by atoms with Crippen LogP contribution in [-0.4, -0.2) is 29.0 Å². The first-order valence-electron chi connectivity index (χ1n) is 8.54. The molecule has 0 N–H and O–H groups in total. The number of hydrogen-bond donors (Lipinski definition) is 0. The highest BCUT2D eigenvalue weighted by atomic mass is 32.2. The summed E-state index contributed by atoms with van der Waals surface area (Å²) in [6.07, 6.45) is 0.782. The van der Waals surface area contributed by atoms with Gasteiger partial charge in [-0.15, -0.1) is 10.2 Å². The molecule has 0 aliphatic rings. The van der Waals surface area contributed by atoms with E-state index in [9.17, 15) is 0 Å². The van der Waals surface area contributed by atoms with E-state index in [1.54, 1.807) is 26.0 Å². The van der Waals surface area contributed by atoms with Crippen LogP contribution in [0.2, 0.25) is 0 Å². The molecule has 0 atom stereocenters. The highest BCUT2D eigenvalue weighted by molar-refractivity contribution is 7.98. The second kappa shape index (κ2) is 8.76. The van der Waals surface area contributed by atoms with E-state index in [-0.39, 0.29) is 0 Å². The predicted octanol–water partition coefficient (Wildman–Crippen LogP) is 4.20. The first kappa shape index (κ1) is 18.3. The van der Waals surface area contributed by atoms with Crippen molar-refractivity contribution in [2.24, 2.45) is 0 Å². The number of rotatable bonds is 8. The Hall–Kier alpha value is -2.47. The van der Waals surface area contributed by atoms with Gasteiger partial charge < -0.3 is 14.0 Å². The zero-order valence-electron chi connectivity index (χ0n) is 15.3. The first-order valence-corrected chi connectivity index (χ1v) is 9.53. The Labute approximate surface area is 158 Å². The van der Waals surface area contributed by atoms with Gasteiger partial charge in [0.15, 0.2) is 5.16 Å². The molecule has 0 aliphatic heterocycles. The van der Waals surface area contributed by atoms with Crippen molar-refractivity contribution in [1.29, 1.82) is 0 Å². The third-order valence-corrected chi connectivity index (χ3v) is 5.17. The van der Waals surface area contributed by atoms with Crippen LogP contribution in [-0.2, 0) is 18.7 Å². The van der Waals surface area contributed by atoms with Gasteiger partial charge in [-0.05, 0) is 30.7 Å². The molecule has 5 nitrogen and oxygen atoms in total. The van der Waals surface area contributed by atoms with Gasteiger partial charge >= 0.3 is 0 Å². The van der Waals surface area contributed by atoms with Crippen LogP contribution in [0.25, 0.3) is 0 Å². The second-order valence-corrected chi connectivity index (χ2v) is 6.71. The molecule has 3 rings (SSSR count). The Balaban J connectivity index is 1.76. The van der Waals surface area contributed by atoms with Crippen LogP contribution in [0.1, 0.15) is 23.9 Å². The number of ether oxygens (including phenoxy) is 2. The minimum absolute atomic E-state index is 0.740. The van der Waals surface area contributed by atoms with Gasteiger partial charge in [-0.2, -0.15) is 0 Å². The molecule has 0 spiro atoms. The summed E-state index contributed by atoms with van der Waals surface area (Å²) in [6.45, 7) is 2.96. The van der Waals surface area contributed by atoms with Gasteiger partial charge in [0, 0.05) is 24.3 Å². The fourth-order valence-corrected chi connectivity index (χ4v) is 3.79. The third kappa shape index (κ3) is 4.19. The molecule has 0 radical (unpaired) electrons. The highest BCUT2D eigenvalue weighted by Gasteiger charge is 2.13. The lowest BCUT2D eigenvalue weighted by molar-refractivity contribution is 0.400. The largest absolute Gasteiger partial charge is 0.497 e. The van der Waals surface area contributed by atoms with E-state index in [2.05, 4.69) is 33.8 Å². The summed E-state index contributed by atoms with van der Waals surface area (Å²) < 4.78 is 13.0. The lowest BCUT2D eigenvalue weighted by Crippen LogP contribution is -2.04. The van der Waals surface area contributed by atoms with E-state index >= 15 is 0 Å². The molecule has 6 heteroatoms. The summed E-state index contributed by atoms with van der Waals surface area (Å²) in [5.41, 5.74) is 2.31. The van der Waals surface area contributed by atoms with E-state index in [0.29, 0.717) is 0 Å². The van der Waals surface area contributed by atoms with Crippen LogP contribution in [0.15, 0.2) is 53.7 Å². The zero-order chi connectivity index (χ0) is 18.4. The summed E-state index contributed by atoms with van der Waals surface area (Å²) in [6, 6.07) is 16.2. The normalized spacial score (nSPS) is 10.7. The van der Waals surface area contributed by atoms with Crippen molar-refractivity contribution in [3.8, 4) is 11.5 Å². The number of thioether (sulfide) groups is 1. The van der Waals surface area contributed by atoms with Crippen LogP contribution < -0.4 is 9.47 Å². The Bertz CT molecular complexity index is 850. The summed E-state index contributed by atoms with van der Waals surface area (Å²) in [5.74, 6) is 3.40. The molecule has 0 saturated heterocycles. The molecule has 0 fully saturated rings. The maximum atomic E-state index is 5.46. The van der Waals surface area contributed by atoms with Gasteiger partial charge in [0.05, 0.1) is 14.2 Å². The molecule has 3 aromatic rings. The maximum absolute atomic E-state index is 5.46. The summed E-state index contributed by atoms with van der Waals surface area (Å²) >= 11 is 1.66. The summed E-state index contributed by atoms with van der Waals surface area (Å²) in [4.78, 5) is 0. The second-order valence-electron chi connectivity index (χ2n) is 5.77. The number of nitrogens with zero attached hydrogens (tertiary/aromatic N) is 3. The van der Waals surface area contributed by atoms with Crippen LogP contribution in [0.3, 0.4) is 0 Å². The van der Waals surface area contributed by atoms with Gasteiger partial charge in [-0.3, -0.25) is 0 Å². The first-order chi connectivity index (χ1) is 12.7. The maximum Gasteiger partial charge on any atom is 0.191 e. The van der Waals surface area contributed by atoms with Gasteiger partial charge in [-0.25, -0.2) is 0 Å². The topological polar surface area (TPSA) is 49.2 Å². The molecular weight excluding hydrogens is 346 g/mol. The SMILES string of the molecule is CCn1c(Cc2ccccc2)nnc1SCc1cc(OC)ccc1OC. The van der Waals surface area contributed by atoms with E-state index in [4.69, 9.17) is 9.47 Å². The van der Waals surface area contributed by atoms with E-state index in [1.165, 1.54) is 5.56 Å². The standard InChI is InChI=1S/C20H23N3O2S/c1-4-23-19(12-15-8-6-5-7-9-15)21-22-20(23)26-14-16-13-17(24-2)10-11-18(16)25-3/h5-11,13H,4,12,14H2,1-3H3. The Morgan fingerprint density at radius 2 is 1.81 bits per heavy atom. The molecular formula is C20H23N3O2S. The number of benzene rings is 2. The van der Waals surface area contributed by atoms with Crippen LogP contribution in [0, 0.1) is 0 Å². The van der Waals surface area contributed by atoms with Crippen LogP contribution in [0.5, 0.6) is 11.5 Å². The van der Waals surface area contributed by atoms with Crippen LogP contribution >= 0.6 is 11.8 Å². The van der Waals surface area contributed by atoms with Crippen molar-refractivity contribution in [1.82, 2.24) is 14.8 Å². The molecule has 2 aromatic carbocycles. The highest BCUT2D eigenvalue weighted by Crippen LogP contribution is 2.30. The van der Waals surface area contributed by atoms with E-state index in [0.717, 1.165) is 46.8 Å². The fraction of sp³-hybridized carbons (Fsp3) is 0.300. The minimum Gasteiger partial charge on any atom is -0.497 e. The Kier molecular flexibility index (Phi) is 6.17. The molecule has 0 aliphatic carbocycles. The molecule has 1 aromatic heterocycles. The lowest BCUT2D eigenvalue weighted by Gasteiger charge is -2.11. The van der Waals surface area contributed by atoms with Crippen molar-refractivity contribution in [3.63, 3.8) is 0 Å². The molecule has 1 heterocycles. The quantitative estimate of drug-likeness (QED) is 0.557. The van der Waals surface area contributed by atoms with Crippen molar-refractivity contribution < 1.29 is 9.47 Å². The average Bonchev–Trinajstić information content (AvgIpc) is 3.08. The number of methoxy groups -OCH3 is 2. The molecule has 0 unspecified atom stereocenters. The molecule has 0 bridgehead atoms. The average molecular weight is 369 g/mol. The number of hydrogen-bond acceptors (Lipinski definition) is 5. The van der Waals surface area contributed by atoms with Gasteiger partial charge in [-0.1, -0.05) is 42.1 Å². The number of aromatic nitrogens is 3. The monoisotopic (exact) mass is 369 g/mol. The van der Waals surface area contributed by atoms with Crippen LogP contribution in [0.4, 0.5) is 0 Å². The van der Waals surface area contributed by atoms with E-state index in [1.807, 2.05) is 36.4 Å². The predicted molar refractivity (Wildman–Crippen MR) is 104 cm³/mol. The van der Waals surface area contributed by atoms with Crippen molar-refractivity contribution in [2.75, 3.05) is 14.2 Å². The summed E-state index contributed by atoms with van der Waals surface area (Å²) in [5, 5.41) is 9.73. The smallest absolute Gasteiger partial charge is 0.191 e. The molecule has 136 valence electrons. The van der Waals surface area contributed by atoms with Gasteiger partial charge in [0.2, 0.25) is 0 Å². The van der Waals surface area contributed by atoms with Gasteiger partial charge in [0.25, 0.3) is 0 Å². The third-order valence-electron chi connectivity index (χ3n) is 4.16. The lowest BCUT2D eigenvalue weighted by atomic mass is 10.1. The van der Waals surface area contributed by atoms with Gasteiger partial charge in [0.1, 0.15) is 17.3 Å². The zero-order valence-corrected chi connectivity index (χ0v) is 16.1. The fourth-order valence-electron chi connectivity index (χ4n) is 2.79. The van der Waals surface area contributed by atoms with Crippen molar-refractivity contribution >= 4 is 11.8 Å². The Morgan fingerprint density at radius 1 is 1.00 bits per heavy atom. The van der Waals surface area contributed by atoms with Crippen molar-refractivity contribution in [3.05, 3.63) is 65.5 Å². The summed E-state index contributed by atoms with van der Waals surface area (Å²) in [7, 11) is 3.35. The molecule has 0 amide bonds. The van der Waals surface area contributed by atoms with Crippen molar-refractivity contribution in [2.45, 2.75) is 30.8 Å². The Morgan fingerprint density at radius 3 is 2.50 bits per heavy atom.